The SMILES string of the molecule is CCCC1COC(=O)/C(CCN2CCOCC2)=C/C(=O)O1. The molecule has 0 N–H and O–H groups in total. The van der Waals surface area contributed by atoms with Gasteiger partial charge in [-0.25, -0.2) is 9.59 Å². The van der Waals surface area contributed by atoms with E-state index < -0.39 is 11.9 Å². The summed E-state index contributed by atoms with van der Waals surface area (Å²) in [5, 5.41) is 0. The summed E-state index contributed by atoms with van der Waals surface area (Å²) in [4.78, 5) is 26.0. The Hall–Kier alpha value is -1.40. The fourth-order valence-corrected chi connectivity index (χ4v) is 2.44. The number of morpholine rings is 1. The Morgan fingerprint density at radius 2 is 2.05 bits per heavy atom. The molecule has 6 nitrogen and oxygen atoms in total. The molecule has 0 aromatic heterocycles. The number of nitrogens with zero attached hydrogens (tertiary/aromatic N) is 1. The molecular weight excluding hydrogens is 274 g/mol. The molecule has 6 heteroatoms. The highest BCUT2D eigenvalue weighted by Crippen LogP contribution is 2.14. The third-order valence-corrected chi connectivity index (χ3v) is 3.65. The van der Waals surface area contributed by atoms with E-state index in [2.05, 4.69) is 4.90 Å². The lowest BCUT2D eigenvalue weighted by Crippen LogP contribution is -2.37. The van der Waals surface area contributed by atoms with Crippen LogP contribution in [0.15, 0.2) is 11.6 Å². The van der Waals surface area contributed by atoms with Gasteiger partial charge >= 0.3 is 11.9 Å². The second kappa shape index (κ2) is 8.14. The summed E-state index contributed by atoms with van der Waals surface area (Å²) in [6, 6.07) is 0. The van der Waals surface area contributed by atoms with E-state index in [1.807, 2.05) is 6.92 Å². The average molecular weight is 297 g/mol. The Labute approximate surface area is 125 Å². The monoisotopic (exact) mass is 297 g/mol. The minimum absolute atomic E-state index is 0.146. The zero-order chi connectivity index (χ0) is 15.1. The quantitative estimate of drug-likeness (QED) is 0.703. The Morgan fingerprint density at radius 3 is 2.76 bits per heavy atom. The van der Waals surface area contributed by atoms with Crippen LogP contribution in [0.25, 0.3) is 0 Å². The van der Waals surface area contributed by atoms with Gasteiger partial charge in [-0.05, 0) is 12.8 Å². The first-order chi connectivity index (χ1) is 10.2. The molecule has 2 heterocycles. The normalized spacial score (nSPS) is 27.1. The second-order valence-corrected chi connectivity index (χ2v) is 5.32. The van der Waals surface area contributed by atoms with E-state index in [0.29, 0.717) is 31.6 Å². The van der Waals surface area contributed by atoms with E-state index >= 15 is 0 Å². The van der Waals surface area contributed by atoms with E-state index in [0.717, 1.165) is 26.1 Å². The van der Waals surface area contributed by atoms with Crippen molar-refractivity contribution in [2.45, 2.75) is 32.3 Å². The van der Waals surface area contributed by atoms with Crippen LogP contribution in [0.4, 0.5) is 0 Å². The zero-order valence-electron chi connectivity index (χ0n) is 12.5. The molecule has 2 aliphatic rings. The zero-order valence-corrected chi connectivity index (χ0v) is 12.5. The van der Waals surface area contributed by atoms with Crippen molar-refractivity contribution in [1.82, 2.24) is 4.90 Å². The second-order valence-electron chi connectivity index (χ2n) is 5.32. The van der Waals surface area contributed by atoms with Crippen LogP contribution in [-0.2, 0) is 23.8 Å². The minimum Gasteiger partial charge on any atom is -0.458 e. The smallest absolute Gasteiger partial charge is 0.334 e. The van der Waals surface area contributed by atoms with Crippen molar-refractivity contribution < 1.29 is 23.8 Å². The van der Waals surface area contributed by atoms with E-state index in [1.165, 1.54) is 6.08 Å². The van der Waals surface area contributed by atoms with Crippen molar-refractivity contribution in [3.05, 3.63) is 11.6 Å². The van der Waals surface area contributed by atoms with Gasteiger partial charge in [0.25, 0.3) is 0 Å². The highest BCUT2D eigenvalue weighted by atomic mass is 16.6. The minimum atomic E-state index is -0.443. The number of carbonyl (C=O) groups is 2. The van der Waals surface area contributed by atoms with E-state index in [9.17, 15) is 9.59 Å². The molecule has 0 bridgehead atoms. The lowest BCUT2D eigenvalue weighted by atomic mass is 10.1. The Balaban J connectivity index is 1.90. The van der Waals surface area contributed by atoms with Crippen LogP contribution in [0, 0.1) is 0 Å². The van der Waals surface area contributed by atoms with Crippen molar-refractivity contribution >= 4 is 11.9 Å². The number of hydrogen-bond acceptors (Lipinski definition) is 6. The number of rotatable bonds is 5. The molecule has 0 saturated carbocycles. The topological polar surface area (TPSA) is 65.1 Å². The summed E-state index contributed by atoms with van der Waals surface area (Å²) < 4.78 is 15.8. The van der Waals surface area contributed by atoms with Crippen LogP contribution >= 0.6 is 0 Å². The van der Waals surface area contributed by atoms with Gasteiger partial charge in [-0.1, -0.05) is 13.3 Å². The third-order valence-electron chi connectivity index (χ3n) is 3.65. The Morgan fingerprint density at radius 1 is 1.29 bits per heavy atom. The molecule has 118 valence electrons. The molecule has 0 radical (unpaired) electrons. The number of carbonyl (C=O) groups excluding carboxylic acids is 2. The highest BCUT2D eigenvalue weighted by Gasteiger charge is 2.23. The number of hydrogen-bond donors (Lipinski definition) is 0. The number of cyclic esters (lactones) is 2. The summed E-state index contributed by atoms with van der Waals surface area (Å²) in [5.41, 5.74) is 0.390. The van der Waals surface area contributed by atoms with Crippen molar-refractivity contribution in [2.75, 3.05) is 39.5 Å². The predicted octanol–water partition coefficient (Wildman–Crippen LogP) is 0.904. The first-order valence-electron chi connectivity index (χ1n) is 7.57. The summed E-state index contributed by atoms with van der Waals surface area (Å²) >= 11 is 0. The van der Waals surface area contributed by atoms with Crippen LogP contribution in [0.3, 0.4) is 0 Å². The maximum absolute atomic E-state index is 12.0. The maximum atomic E-state index is 12.0. The molecule has 2 rings (SSSR count). The largest absolute Gasteiger partial charge is 0.458 e. The van der Waals surface area contributed by atoms with Gasteiger partial charge in [-0.15, -0.1) is 0 Å². The summed E-state index contributed by atoms with van der Waals surface area (Å²) in [7, 11) is 0. The lowest BCUT2D eigenvalue weighted by Gasteiger charge is -2.27. The van der Waals surface area contributed by atoms with Gasteiger partial charge in [0.2, 0.25) is 0 Å². The molecule has 21 heavy (non-hydrogen) atoms. The van der Waals surface area contributed by atoms with Gasteiger partial charge in [0.05, 0.1) is 13.2 Å². The molecule has 2 aliphatic heterocycles. The van der Waals surface area contributed by atoms with Gasteiger partial charge in [0.15, 0.2) is 0 Å². The van der Waals surface area contributed by atoms with Gasteiger partial charge < -0.3 is 14.2 Å². The predicted molar refractivity (Wildman–Crippen MR) is 75.7 cm³/mol. The number of esters is 2. The fourth-order valence-electron chi connectivity index (χ4n) is 2.44. The average Bonchev–Trinajstić information content (AvgIpc) is 2.48. The molecular formula is C15H23NO5. The van der Waals surface area contributed by atoms with E-state index in [4.69, 9.17) is 14.2 Å². The van der Waals surface area contributed by atoms with Gasteiger partial charge in [0.1, 0.15) is 12.7 Å². The van der Waals surface area contributed by atoms with E-state index in [-0.39, 0.29) is 12.7 Å². The third kappa shape index (κ3) is 5.13. The molecule has 0 aromatic carbocycles. The fraction of sp³-hybridized carbons (Fsp3) is 0.733. The molecule has 1 fully saturated rings. The van der Waals surface area contributed by atoms with Crippen LogP contribution in [0.2, 0.25) is 0 Å². The molecule has 1 saturated heterocycles. The maximum Gasteiger partial charge on any atom is 0.334 e. The molecule has 0 aliphatic carbocycles. The first kappa shape index (κ1) is 16.0. The van der Waals surface area contributed by atoms with Crippen molar-refractivity contribution in [1.29, 1.82) is 0 Å². The summed E-state index contributed by atoms with van der Waals surface area (Å²) in [6.45, 7) is 5.99. The van der Waals surface area contributed by atoms with Gasteiger partial charge in [0, 0.05) is 31.3 Å². The molecule has 0 aromatic rings. The van der Waals surface area contributed by atoms with E-state index in [1.54, 1.807) is 0 Å². The highest BCUT2D eigenvalue weighted by molar-refractivity contribution is 5.96. The molecule has 0 spiro atoms. The van der Waals surface area contributed by atoms with Crippen LogP contribution < -0.4 is 0 Å². The molecule has 1 unspecified atom stereocenters. The van der Waals surface area contributed by atoms with Crippen LogP contribution in [-0.4, -0.2) is 62.4 Å². The lowest BCUT2D eigenvalue weighted by molar-refractivity contribution is -0.156. The molecule has 1 atom stereocenters. The molecule has 0 amide bonds. The summed E-state index contributed by atoms with van der Waals surface area (Å²) in [5.74, 6) is -0.844. The Bertz CT molecular complexity index is 401. The Kier molecular flexibility index (Phi) is 6.20. The first-order valence-corrected chi connectivity index (χ1v) is 7.57. The van der Waals surface area contributed by atoms with Crippen molar-refractivity contribution in [3.63, 3.8) is 0 Å². The standard InChI is InChI=1S/C15H23NO5/c1-2-3-13-11-20-15(18)12(10-14(17)21-13)4-5-16-6-8-19-9-7-16/h10,13H,2-9,11H2,1H3/b12-10+. The van der Waals surface area contributed by atoms with Crippen LogP contribution in [0.5, 0.6) is 0 Å². The van der Waals surface area contributed by atoms with Crippen LogP contribution in [0.1, 0.15) is 26.2 Å². The van der Waals surface area contributed by atoms with Gasteiger partial charge in [-0.3, -0.25) is 4.90 Å². The van der Waals surface area contributed by atoms with Gasteiger partial charge in [-0.2, -0.15) is 0 Å². The summed E-state index contributed by atoms with van der Waals surface area (Å²) in [6.07, 6.45) is 3.03. The number of ether oxygens (including phenoxy) is 3. The van der Waals surface area contributed by atoms with Crippen molar-refractivity contribution in [2.24, 2.45) is 0 Å². The van der Waals surface area contributed by atoms with Crippen molar-refractivity contribution in [3.8, 4) is 0 Å².